The van der Waals surface area contributed by atoms with Crippen LogP contribution in [0.1, 0.15) is 19.8 Å². The van der Waals surface area contributed by atoms with Gasteiger partial charge in [-0.3, -0.25) is 0 Å². The lowest BCUT2D eigenvalue weighted by Gasteiger charge is -2.36. The van der Waals surface area contributed by atoms with Crippen LogP contribution in [0.5, 0.6) is 0 Å². The summed E-state index contributed by atoms with van der Waals surface area (Å²) in [4.78, 5) is 0. The average Bonchev–Trinajstić information content (AvgIpc) is 2.10. The van der Waals surface area contributed by atoms with E-state index in [1.165, 1.54) is 11.8 Å². The number of hydrogen-bond donors (Lipinski definition) is 2. The first kappa shape index (κ1) is 12.6. The molecule has 5 unspecified atom stereocenters. The summed E-state index contributed by atoms with van der Waals surface area (Å²) in [6.45, 7) is 1.90. The summed E-state index contributed by atoms with van der Waals surface area (Å²) in [6.07, 6.45) is 1.51. The highest BCUT2D eigenvalue weighted by molar-refractivity contribution is 7.99. The molecule has 1 saturated heterocycles. The quantitative estimate of drug-likeness (QED) is 0.728. The van der Waals surface area contributed by atoms with Gasteiger partial charge in [-0.15, -0.1) is 23.4 Å². The largest absolute Gasteiger partial charge is 0.390 e. The van der Waals surface area contributed by atoms with Gasteiger partial charge in [0.15, 0.2) is 0 Å². The van der Waals surface area contributed by atoms with Gasteiger partial charge in [-0.1, -0.05) is 0 Å². The number of hydrogen-bond acceptors (Lipinski definition) is 4. The molecule has 1 rings (SSSR count). The van der Waals surface area contributed by atoms with E-state index in [1.807, 2.05) is 13.2 Å². The maximum atomic E-state index is 9.58. The molecule has 5 atom stereocenters. The highest BCUT2D eigenvalue weighted by atomic mass is 35.5. The average molecular weight is 241 g/mol. The van der Waals surface area contributed by atoms with E-state index >= 15 is 0 Å². The summed E-state index contributed by atoms with van der Waals surface area (Å²) in [7, 11) is 0. The third kappa shape index (κ3) is 3.28. The van der Waals surface area contributed by atoms with Crippen molar-refractivity contribution in [1.29, 1.82) is 0 Å². The zero-order chi connectivity index (χ0) is 10.7. The van der Waals surface area contributed by atoms with E-state index in [-0.39, 0.29) is 16.9 Å². The van der Waals surface area contributed by atoms with Crippen molar-refractivity contribution in [3.63, 3.8) is 0 Å². The summed E-state index contributed by atoms with van der Waals surface area (Å²) in [5, 5.41) is 19.2. The van der Waals surface area contributed by atoms with Gasteiger partial charge in [-0.2, -0.15) is 0 Å². The van der Waals surface area contributed by atoms with Crippen molar-refractivity contribution in [2.24, 2.45) is 0 Å². The Morgan fingerprint density at radius 1 is 1.57 bits per heavy atom. The zero-order valence-corrected chi connectivity index (χ0v) is 9.96. The third-order valence-electron chi connectivity index (χ3n) is 2.32. The number of rotatable bonds is 3. The summed E-state index contributed by atoms with van der Waals surface area (Å²) in [6, 6.07) is 0. The standard InChI is InChI=1S/C9H17ClO3S/c1-5(10)3-6-4-7(11)8(12)9(13-6)14-2/h5-9,11-12H,3-4H2,1-2H3. The first-order valence-electron chi connectivity index (χ1n) is 4.73. The topological polar surface area (TPSA) is 49.7 Å². The fraction of sp³-hybridized carbons (Fsp3) is 1.00. The van der Waals surface area contributed by atoms with Crippen LogP contribution >= 0.6 is 23.4 Å². The number of thioether (sulfide) groups is 1. The van der Waals surface area contributed by atoms with Crippen LogP contribution in [0.3, 0.4) is 0 Å². The molecule has 3 nitrogen and oxygen atoms in total. The van der Waals surface area contributed by atoms with Crippen LogP contribution in [-0.4, -0.2) is 45.6 Å². The molecule has 0 spiro atoms. The SMILES string of the molecule is CSC1OC(CC(C)Cl)CC(O)C1O. The van der Waals surface area contributed by atoms with E-state index in [9.17, 15) is 10.2 Å². The Morgan fingerprint density at radius 3 is 2.71 bits per heavy atom. The highest BCUT2D eigenvalue weighted by Gasteiger charge is 2.36. The molecule has 1 fully saturated rings. The molecule has 1 heterocycles. The molecule has 2 N–H and O–H groups in total. The van der Waals surface area contributed by atoms with Gasteiger partial charge < -0.3 is 14.9 Å². The second-order valence-corrected chi connectivity index (χ2v) is 5.35. The fourth-order valence-electron chi connectivity index (χ4n) is 1.62. The molecule has 0 radical (unpaired) electrons. The van der Waals surface area contributed by atoms with Crippen molar-refractivity contribution >= 4 is 23.4 Å². The van der Waals surface area contributed by atoms with E-state index in [1.54, 1.807) is 0 Å². The van der Waals surface area contributed by atoms with Crippen molar-refractivity contribution < 1.29 is 14.9 Å². The van der Waals surface area contributed by atoms with E-state index in [0.29, 0.717) is 12.8 Å². The highest BCUT2D eigenvalue weighted by Crippen LogP contribution is 2.29. The van der Waals surface area contributed by atoms with Gasteiger partial charge in [0.1, 0.15) is 11.5 Å². The molecular formula is C9H17ClO3S. The third-order valence-corrected chi connectivity index (χ3v) is 3.36. The zero-order valence-electron chi connectivity index (χ0n) is 8.39. The minimum absolute atomic E-state index is 0.0324. The van der Waals surface area contributed by atoms with Gasteiger partial charge in [0.05, 0.1) is 12.2 Å². The number of aliphatic hydroxyl groups is 2. The van der Waals surface area contributed by atoms with Crippen LogP contribution in [0.4, 0.5) is 0 Å². The summed E-state index contributed by atoms with van der Waals surface area (Å²) >= 11 is 7.27. The molecule has 0 saturated carbocycles. The van der Waals surface area contributed by atoms with Crippen molar-refractivity contribution in [1.82, 2.24) is 0 Å². The molecule has 0 aromatic heterocycles. The normalized spacial score (nSPS) is 40.9. The van der Waals surface area contributed by atoms with Crippen LogP contribution < -0.4 is 0 Å². The van der Waals surface area contributed by atoms with Gasteiger partial charge in [-0.05, 0) is 19.6 Å². The first-order chi connectivity index (χ1) is 6.54. The van der Waals surface area contributed by atoms with E-state index in [0.717, 1.165) is 0 Å². The second kappa shape index (κ2) is 5.56. The minimum atomic E-state index is -0.785. The fourth-order valence-corrected chi connectivity index (χ4v) is 2.55. The molecule has 0 aliphatic carbocycles. The number of alkyl halides is 1. The molecule has 1 aliphatic heterocycles. The Hall–Kier alpha value is 0.520. The van der Waals surface area contributed by atoms with Crippen molar-refractivity contribution in [3.8, 4) is 0 Å². The Kier molecular flexibility index (Phi) is 5.00. The number of aliphatic hydroxyl groups excluding tert-OH is 2. The minimum Gasteiger partial charge on any atom is -0.390 e. The van der Waals surface area contributed by atoms with Crippen molar-refractivity contribution in [2.75, 3.05) is 6.26 Å². The van der Waals surface area contributed by atoms with Gasteiger partial charge in [0.2, 0.25) is 0 Å². The molecule has 0 aromatic carbocycles. The van der Waals surface area contributed by atoms with Crippen molar-refractivity contribution in [2.45, 2.75) is 48.9 Å². The van der Waals surface area contributed by atoms with Crippen LogP contribution in [0.2, 0.25) is 0 Å². The lowest BCUT2D eigenvalue weighted by molar-refractivity contribution is -0.136. The lowest BCUT2D eigenvalue weighted by atomic mass is 10.0. The maximum Gasteiger partial charge on any atom is 0.131 e. The maximum absolute atomic E-state index is 9.58. The van der Waals surface area contributed by atoms with Crippen LogP contribution in [0.15, 0.2) is 0 Å². The molecule has 5 heteroatoms. The Morgan fingerprint density at radius 2 is 2.21 bits per heavy atom. The Bertz CT molecular complexity index is 179. The van der Waals surface area contributed by atoms with Gasteiger partial charge in [-0.25, -0.2) is 0 Å². The second-order valence-electron chi connectivity index (χ2n) is 3.67. The number of halogens is 1. The smallest absolute Gasteiger partial charge is 0.131 e. The lowest BCUT2D eigenvalue weighted by Crippen LogP contribution is -2.47. The van der Waals surface area contributed by atoms with E-state index in [2.05, 4.69) is 0 Å². The van der Waals surface area contributed by atoms with Gasteiger partial charge in [0, 0.05) is 11.8 Å². The molecule has 0 aromatic rings. The number of ether oxygens (including phenoxy) is 1. The predicted octanol–water partition coefficient (Wildman–Crippen LogP) is 1.20. The summed E-state index contributed by atoms with van der Waals surface area (Å²) in [5.74, 6) is 0. The molecule has 14 heavy (non-hydrogen) atoms. The molecule has 0 bridgehead atoms. The monoisotopic (exact) mass is 240 g/mol. The molecule has 1 aliphatic rings. The molecular weight excluding hydrogens is 224 g/mol. The molecule has 0 amide bonds. The van der Waals surface area contributed by atoms with Gasteiger partial charge >= 0.3 is 0 Å². The van der Waals surface area contributed by atoms with Crippen LogP contribution in [0.25, 0.3) is 0 Å². The summed E-state index contributed by atoms with van der Waals surface area (Å²) < 4.78 is 5.60. The van der Waals surface area contributed by atoms with E-state index < -0.39 is 12.2 Å². The Labute approximate surface area is 93.8 Å². The van der Waals surface area contributed by atoms with Crippen molar-refractivity contribution in [3.05, 3.63) is 0 Å². The van der Waals surface area contributed by atoms with Crippen LogP contribution in [-0.2, 0) is 4.74 Å². The summed E-state index contributed by atoms with van der Waals surface area (Å²) in [5.41, 5.74) is -0.334. The van der Waals surface area contributed by atoms with Crippen LogP contribution in [0, 0.1) is 0 Å². The Balaban J connectivity index is 2.49. The predicted molar refractivity (Wildman–Crippen MR) is 58.7 cm³/mol. The molecule has 84 valence electrons. The van der Waals surface area contributed by atoms with Gasteiger partial charge in [0.25, 0.3) is 0 Å². The first-order valence-corrected chi connectivity index (χ1v) is 6.45. The van der Waals surface area contributed by atoms with E-state index in [4.69, 9.17) is 16.3 Å².